The third-order valence-corrected chi connectivity index (χ3v) is 6.47. The fourth-order valence-electron chi connectivity index (χ4n) is 3.34. The van der Waals surface area contributed by atoms with Crippen molar-refractivity contribution in [2.24, 2.45) is 0 Å². The second-order valence-electron chi connectivity index (χ2n) is 6.37. The molecule has 140 valence electrons. The number of ether oxygens (including phenoxy) is 2. The summed E-state index contributed by atoms with van der Waals surface area (Å²) < 4.78 is 39.2. The van der Waals surface area contributed by atoms with E-state index in [-0.39, 0.29) is 16.9 Å². The number of halogens is 1. The van der Waals surface area contributed by atoms with Gasteiger partial charge in [0.05, 0.1) is 12.0 Å². The first-order valence-corrected chi connectivity index (χ1v) is 10.3. The van der Waals surface area contributed by atoms with Crippen molar-refractivity contribution in [1.82, 2.24) is 4.72 Å². The quantitative estimate of drug-likeness (QED) is 0.814. The molecule has 0 unspecified atom stereocenters. The monoisotopic (exact) mass is 395 g/mol. The molecule has 3 rings (SSSR count). The maximum Gasteiger partial charge on any atom is 0.240 e. The van der Waals surface area contributed by atoms with Crippen LogP contribution >= 0.6 is 11.6 Å². The minimum atomic E-state index is -3.66. The summed E-state index contributed by atoms with van der Waals surface area (Å²) in [5.74, 6) is 0.761. The van der Waals surface area contributed by atoms with Gasteiger partial charge in [0.15, 0.2) is 0 Å². The summed E-state index contributed by atoms with van der Waals surface area (Å²) in [5.41, 5.74) is 0.621. The molecule has 0 radical (unpaired) electrons. The fraction of sp³-hybridized carbons (Fsp3) is 0.368. The number of rotatable bonds is 6. The number of sulfonamides is 1. The van der Waals surface area contributed by atoms with Crippen molar-refractivity contribution in [3.63, 3.8) is 0 Å². The van der Waals surface area contributed by atoms with Crippen molar-refractivity contribution in [2.75, 3.05) is 26.9 Å². The van der Waals surface area contributed by atoms with E-state index in [1.807, 2.05) is 24.3 Å². The molecule has 7 heteroatoms. The average Bonchev–Trinajstić information content (AvgIpc) is 2.67. The van der Waals surface area contributed by atoms with Gasteiger partial charge in [0.1, 0.15) is 5.75 Å². The van der Waals surface area contributed by atoms with Crippen LogP contribution in [-0.2, 0) is 20.2 Å². The van der Waals surface area contributed by atoms with E-state index in [0.717, 1.165) is 11.3 Å². The molecule has 2 aromatic rings. The smallest absolute Gasteiger partial charge is 0.240 e. The Labute approximate surface area is 159 Å². The molecule has 0 saturated carbocycles. The standard InChI is InChI=1S/C19H22ClNO4S/c1-24-18-8-3-2-7-17(18)19(9-11-25-12-10-19)14-21-26(22,23)16-6-4-5-15(20)13-16/h2-8,13,21H,9-12,14H2,1H3. The van der Waals surface area contributed by atoms with E-state index >= 15 is 0 Å². The van der Waals surface area contributed by atoms with Gasteiger partial charge in [-0.2, -0.15) is 0 Å². The Hall–Kier alpha value is -1.60. The van der Waals surface area contributed by atoms with Gasteiger partial charge in [0, 0.05) is 35.8 Å². The Morgan fingerprint density at radius 1 is 1.15 bits per heavy atom. The summed E-state index contributed by atoms with van der Waals surface area (Å²) in [4.78, 5) is 0.159. The van der Waals surface area contributed by atoms with Crippen molar-refractivity contribution < 1.29 is 17.9 Å². The molecule has 2 aromatic carbocycles. The molecule has 0 atom stereocenters. The lowest BCUT2D eigenvalue weighted by Gasteiger charge is -2.38. The van der Waals surface area contributed by atoms with Gasteiger partial charge < -0.3 is 9.47 Å². The molecule has 1 N–H and O–H groups in total. The van der Waals surface area contributed by atoms with Gasteiger partial charge in [-0.15, -0.1) is 0 Å². The Bertz CT molecular complexity index is 863. The first-order chi connectivity index (χ1) is 12.5. The highest BCUT2D eigenvalue weighted by Gasteiger charge is 2.37. The van der Waals surface area contributed by atoms with Gasteiger partial charge in [-0.1, -0.05) is 35.9 Å². The molecule has 1 aliphatic heterocycles. The van der Waals surface area contributed by atoms with Crippen molar-refractivity contribution in [1.29, 1.82) is 0 Å². The van der Waals surface area contributed by atoms with E-state index in [2.05, 4.69) is 4.72 Å². The van der Waals surface area contributed by atoms with Crippen LogP contribution in [-0.4, -0.2) is 35.3 Å². The lowest BCUT2D eigenvalue weighted by molar-refractivity contribution is 0.0509. The number of para-hydroxylation sites is 1. The number of hydrogen-bond donors (Lipinski definition) is 1. The molecule has 1 aliphatic rings. The summed E-state index contributed by atoms with van der Waals surface area (Å²) in [5, 5.41) is 0.387. The highest BCUT2D eigenvalue weighted by atomic mass is 35.5. The SMILES string of the molecule is COc1ccccc1C1(CNS(=O)(=O)c2cccc(Cl)c2)CCOCC1. The van der Waals surface area contributed by atoms with Crippen LogP contribution in [0.15, 0.2) is 53.4 Å². The van der Waals surface area contributed by atoms with E-state index in [1.165, 1.54) is 12.1 Å². The van der Waals surface area contributed by atoms with E-state index in [9.17, 15) is 8.42 Å². The Morgan fingerprint density at radius 3 is 2.58 bits per heavy atom. The van der Waals surface area contributed by atoms with Gasteiger partial charge in [-0.3, -0.25) is 0 Å². The molecular weight excluding hydrogens is 374 g/mol. The molecular formula is C19H22ClNO4S. The second-order valence-corrected chi connectivity index (χ2v) is 8.58. The molecule has 0 aromatic heterocycles. The van der Waals surface area contributed by atoms with Crippen LogP contribution in [0.25, 0.3) is 0 Å². The van der Waals surface area contributed by atoms with Crippen molar-refractivity contribution >= 4 is 21.6 Å². The first kappa shape index (κ1) is 19.2. The van der Waals surface area contributed by atoms with E-state index in [1.54, 1.807) is 19.2 Å². The van der Waals surface area contributed by atoms with Gasteiger partial charge >= 0.3 is 0 Å². The topological polar surface area (TPSA) is 64.6 Å². The third kappa shape index (κ3) is 4.04. The molecule has 26 heavy (non-hydrogen) atoms. The Balaban J connectivity index is 1.90. The summed E-state index contributed by atoms with van der Waals surface area (Å²) in [6.07, 6.45) is 1.43. The summed E-state index contributed by atoms with van der Waals surface area (Å²) in [6, 6.07) is 14.0. The number of methoxy groups -OCH3 is 1. The van der Waals surface area contributed by atoms with Crippen LogP contribution in [0.4, 0.5) is 0 Å². The number of nitrogens with one attached hydrogen (secondary N) is 1. The van der Waals surface area contributed by atoms with Gasteiger partial charge in [-0.05, 0) is 37.1 Å². The normalized spacial score (nSPS) is 17.0. The van der Waals surface area contributed by atoms with Crippen LogP contribution < -0.4 is 9.46 Å². The van der Waals surface area contributed by atoms with Crippen LogP contribution in [0.3, 0.4) is 0 Å². The highest BCUT2D eigenvalue weighted by molar-refractivity contribution is 7.89. The summed E-state index contributed by atoms with van der Waals surface area (Å²) in [7, 11) is -2.04. The van der Waals surface area contributed by atoms with E-state index in [4.69, 9.17) is 21.1 Å². The van der Waals surface area contributed by atoms with Crippen LogP contribution in [0.2, 0.25) is 5.02 Å². The predicted molar refractivity (Wildman–Crippen MR) is 101 cm³/mol. The molecule has 1 fully saturated rings. The number of benzene rings is 2. The third-order valence-electron chi connectivity index (χ3n) is 4.84. The fourth-order valence-corrected chi connectivity index (χ4v) is 4.76. The van der Waals surface area contributed by atoms with Gasteiger partial charge in [0.2, 0.25) is 10.0 Å². The average molecular weight is 396 g/mol. The molecule has 0 aliphatic carbocycles. The Morgan fingerprint density at radius 2 is 1.88 bits per heavy atom. The zero-order valence-electron chi connectivity index (χ0n) is 14.6. The maximum atomic E-state index is 12.7. The maximum absolute atomic E-state index is 12.7. The zero-order chi connectivity index (χ0) is 18.6. The summed E-state index contributed by atoms with van der Waals surface area (Å²) >= 11 is 5.94. The molecule has 0 amide bonds. The largest absolute Gasteiger partial charge is 0.496 e. The highest BCUT2D eigenvalue weighted by Crippen LogP contribution is 2.39. The van der Waals surface area contributed by atoms with Crippen molar-refractivity contribution in [3.05, 3.63) is 59.1 Å². The molecule has 0 spiro atoms. The zero-order valence-corrected chi connectivity index (χ0v) is 16.1. The summed E-state index contributed by atoms with van der Waals surface area (Å²) in [6.45, 7) is 1.43. The first-order valence-electron chi connectivity index (χ1n) is 8.43. The molecule has 5 nitrogen and oxygen atoms in total. The van der Waals surface area contributed by atoms with Gasteiger partial charge in [0.25, 0.3) is 0 Å². The minimum Gasteiger partial charge on any atom is -0.496 e. The Kier molecular flexibility index (Phi) is 5.87. The number of hydrogen-bond acceptors (Lipinski definition) is 4. The molecule has 1 saturated heterocycles. The van der Waals surface area contributed by atoms with Crippen molar-refractivity contribution in [2.45, 2.75) is 23.2 Å². The second kappa shape index (κ2) is 7.96. The van der Waals surface area contributed by atoms with Crippen LogP contribution in [0.1, 0.15) is 18.4 Å². The molecule has 1 heterocycles. The predicted octanol–water partition coefficient (Wildman–Crippen LogP) is 3.38. The van der Waals surface area contributed by atoms with Crippen LogP contribution in [0.5, 0.6) is 5.75 Å². The lowest BCUT2D eigenvalue weighted by atomic mass is 9.74. The molecule has 0 bridgehead atoms. The van der Waals surface area contributed by atoms with Gasteiger partial charge in [-0.25, -0.2) is 13.1 Å². The van der Waals surface area contributed by atoms with Crippen LogP contribution in [0, 0.1) is 0 Å². The minimum absolute atomic E-state index is 0.159. The van der Waals surface area contributed by atoms with E-state index in [0.29, 0.717) is 31.1 Å². The van der Waals surface area contributed by atoms with E-state index < -0.39 is 10.0 Å². The lowest BCUT2D eigenvalue weighted by Crippen LogP contribution is -2.44. The van der Waals surface area contributed by atoms with Crippen molar-refractivity contribution in [3.8, 4) is 5.75 Å².